The van der Waals surface area contributed by atoms with Crippen LogP contribution in [0.3, 0.4) is 0 Å². The van der Waals surface area contributed by atoms with E-state index in [-0.39, 0.29) is 11.9 Å². The third-order valence-electron chi connectivity index (χ3n) is 2.47. The predicted octanol–water partition coefficient (Wildman–Crippen LogP) is 1.54. The molecule has 1 aliphatic heterocycles. The summed E-state index contributed by atoms with van der Waals surface area (Å²) in [7, 11) is 3.13. The van der Waals surface area contributed by atoms with Crippen LogP contribution in [0.2, 0.25) is 0 Å². The van der Waals surface area contributed by atoms with Crippen LogP contribution in [-0.4, -0.2) is 34.8 Å². The van der Waals surface area contributed by atoms with E-state index in [1.807, 2.05) is 0 Å². The molecule has 0 aromatic heterocycles. The summed E-state index contributed by atoms with van der Waals surface area (Å²) < 4.78 is 37.8. The van der Waals surface area contributed by atoms with Gasteiger partial charge in [-0.15, -0.1) is 0 Å². The molecule has 1 saturated heterocycles. The number of rotatable bonds is 5. The SMILES string of the molecule is COc1cc(CS(=O)(=O)Cl)ccc1OC1COC1. The van der Waals surface area contributed by atoms with Gasteiger partial charge in [0.25, 0.3) is 0 Å². The van der Waals surface area contributed by atoms with Crippen LogP contribution in [0.25, 0.3) is 0 Å². The molecule has 100 valence electrons. The molecule has 0 aliphatic carbocycles. The Hall–Kier alpha value is -0.980. The number of hydrogen-bond acceptors (Lipinski definition) is 5. The van der Waals surface area contributed by atoms with E-state index in [1.165, 1.54) is 7.11 Å². The number of benzene rings is 1. The number of halogens is 1. The Morgan fingerprint density at radius 1 is 1.39 bits per heavy atom. The predicted molar refractivity (Wildman–Crippen MR) is 66.7 cm³/mol. The van der Waals surface area contributed by atoms with Gasteiger partial charge in [0.05, 0.1) is 26.1 Å². The fourth-order valence-corrected chi connectivity index (χ4v) is 2.52. The quantitative estimate of drug-likeness (QED) is 0.771. The monoisotopic (exact) mass is 292 g/mol. The smallest absolute Gasteiger partial charge is 0.236 e. The van der Waals surface area contributed by atoms with E-state index in [9.17, 15) is 8.42 Å². The second-order valence-corrected chi connectivity index (χ2v) is 6.72. The molecule has 0 bridgehead atoms. The lowest BCUT2D eigenvalue weighted by Crippen LogP contribution is -2.38. The van der Waals surface area contributed by atoms with Gasteiger partial charge >= 0.3 is 0 Å². The zero-order chi connectivity index (χ0) is 13.2. The van der Waals surface area contributed by atoms with Crippen molar-refractivity contribution in [2.75, 3.05) is 20.3 Å². The van der Waals surface area contributed by atoms with Crippen molar-refractivity contribution in [3.05, 3.63) is 23.8 Å². The highest BCUT2D eigenvalue weighted by molar-refractivity contribution is 8.13. The Labute approximate surface area is 110 Å². The fraction of sp³-hybridized carbons (Fsp3) is 0.455. The summed E-state index contributed by atoms with van der Waals surface area (Å²) in [5, 5.41) is 0. The van der Waals surface area contributed by atoms with Crippen LogP contribution in [-0.2, 0) is 19.5 Å². The Kier molecular flexibility index (Phi) is 3.99. The van der Waals surface area contributed by atoms with Crippen LogP contribution in [0.15, 0.2) is 18.2 Å². The van der Waals surface area contributed by atoms with Crippen LogP contribution < -0.4 is 9.47 Å². The molecule has 0 N–H and O–H groups in total. The topological polar surface area (TPSA) is 61.8 Å². The normalized spacial score (nSPS) is 16.1. The summed E-state index contributed by atoms with van der Waals surface area (Å²) in [6.07, 6.45) is 0.0292. The van der Waals surface area contributed by atoms with Crippen molar-refractivity contribution in [1.82, 2.24) is 0 Å². The summed E-state index contributed by atoms with van der Waals surface area (Å²) in [6.45, 7) is 1.11. The van der Waals surface area contributed by atoms with E-state index in [0.29, 0.717) is 30.3 Å². The van der Waals surface area contributed by atoms with Gasteiger partial charge in [-0.25, -0.2) is 8.42 Å². The van der Waals surface area contributed by atoms with Gasteiger partial charge in [0.1, 0.15) is 6.10 Å². The van der Waals surface area contributed by atoms with E-state index in [2.05, 4.69) is 0 Å². The van der Waals surface area contributed by atoms with Crippen LogP contribution in [0.5, 0.6) is 11.5 Å². The summed E-state index contributed by atoms with van der Waals surface area (Å²) >= 11 is 0. The first-order valence-corrected chi connectivity index (χ1v) is 7.79. The molecule has 1 aliphatic rings. The lowest BCUT2D eigenvalue weighted by atomic mass is 10.2. The zero-order valence-corrected chi connectivity index (χ0v) is 11.3. The maximum Gasteiger partial charge on any atom is 0.236 e. The Bertz CT molecular complexity index is 524. The first-order valence-electron chi connectivity index (χ1n) is 5.31. The maximum absolute atomic E-state index is 11.0. The number of methoxy groups -OCH3 is 1. The van der Waals surface area contributed by atoms with E-state index < -0.39 is 9.05 Å². The van der Waals surface area contributed by atoms with E-state index in [4.69, 9.17) is 24.9 Å². The largest absolute Gasteiger partial charge is 0.493 e. The fourth-order valence-electron chi connectivity index (χ4n) is 1.56. The highest BCUT2D eigenvalue weighted by Gasteiger charge is 2.22. The molecule has 2 rings (SSSR count). The van der Waals surface area contributed by atoms with E-state index >= 15 is 0 Å². The molecule has 5 nitrogen and oxygen atoms in total. The van der Waals surface area contributed by atoms with Crippen molar-refractivity contribution in [3.8, 4) is 11.5 Å². The average Bonchev–Trinajstić information content (AvgIpc) is 2.22. The zero-order valence-electron chi connectivity index (χ0n) is 9.76. The van der Waals surface area contributed by atoms with Gasteiger partial charge in [0, 0.05) is 10.7 Å². The van der Waals surface area contributed by atoms with Crippen LogP contribution in [0.4, 0.5) is 0 Å². The molecule has 1 heterocycles. The van der Waals surface area contributed by atoms with Crippen molar-refractivity contribution in [1.29, 1.82) is 0 Å². The van der Waals surface area contributed by atoms with Crippen LogP contribution in [0, 0.1) is 0 Å². The maximum atomic E-state index is 11.0. The lowest BCUT2D eigenvalue weighted by molar-refractivity contribution is -0.0803. The highest BCUT2D eigenvalue weighted by Crippen LogP contribution is 2.30. The lowest BCUT2D eigenvalue weighted by Gasteiger charge is -2.27. The minimum Gasteiger partial charge on any atom is -0.493 e. The second kappa shape index (κ2) is 5.34. The van der Waals surface area contributed by atoms with E-state index in [0.717, 1.165) is 0 Å². The Morgan fingerprint density at radius 3 is 2.61 bits per heavy atom. The van der Waals surface area contributed by atoms with Crippen molar-refractivity contribution < 1.29 is 22.6 Å². The van der Waals surface area contributed by atoms with Crippen molar-refractivity contribution >= 4 is 19.7 Å². The van der Waals surface area contributed by atoms with Crippen LogP contribution in [0.1, 0.15) is 5.56 Å². The number of ether oxygens (including phenoxy) is 3. The van der Waals surface area contributed by atoms with Gasteiger partial charge in [0.15, 0.2) is 11.5 Å². The summed E-state index contributed by atoms with van der Waals surface area (Å²) in [6, 6.07) is 4.93. The molecule has 1 aromatic carbocycles. The minimum absolute atomic E-state index is 0.0292. The first kappa shape index (κ1) is 13.5. The summed E-state index contributed by atoms with van der Waals surface area (Å²) in [4.78, 5) is 0. The first-order chi connectivity index (χ1) is 8.48. The minimum atomic E-state index is -3.58. The molecule has 18 heavy (non-hydrogen) atoms. The molecule has 0 saturated carbocycles. The average molecular weight is 293 g/mol. The van der Waals surface area contributed by atoms with E-state index in [1.54, 1.807) is 18.2 Å². The summed E-state index contributed by atoms with van der Waals surface area (Å²) in [5.74, 6) is 0.818. The molecular formula is C11H13ClO5S. The molecule has 7 heteroatoms. The number of hydrogen-bond donors (Lipinski definition) is 0. The van der Waals surface area contributed by atoms with Crippen LogP contribution >= 0.6 is 10.7 Å². The molecule has 1 fully saturated rings. The van der Waals surface area contributed by atoms with Gasteiger partial charge in [-0.3, -0.25) is 0 Å². The third kappa shape index (κ3) is 3.51. The van der Waals surface area contributed by atoms with Crippen molar-refractivity contribution in [3.63, 3.8) is 0 Å². The highest BCUT2D eigenvalue weighted by atomic mass is 35.7. The molecular weight excluding hydrogens is 280 g/mol. The van der Waals surface area contributed by atoms with Gasteiger partial charge in [-0.05, 0) is 17.7 Å². The van der Waals surface area contributed by atoms with Gasteiger partial charge in [0.2, 0.25) is 9.05 Å². The van der Waals surface area contributed by atoms with Gasteiger partial charge < -0.3 is 14.2 Å². The summed E-state index contributed by atoms with van der Waals surface area (Å²) in [5.41, 5.74) is 0.555. The molecule has 1 aromatic rings. The molecule has 0 radical (unpaired) electrons. The Balaban J connectivity index is 2.16. The van der Waals surface area contributed by atoms with Gasteiger partial charge in [-0.2, -0.15) is 0 Å². The molecule has 0 amide bonds. The van der Waals surface area contributed by atoms with Crippen molar-refractivity contribution in [2.45, 2.75) is 11.9 Å². The standard InChI is InChI=1S/C11H13ClO5S/c1-15-11-4-8(7-18(12,13)14)2-3-10(11)17-9-5-16-6-9/h2-4,9H,5-7H2,1H3. The molecule has 0 spiro atoms. The second-order valence-electron chi connectivity index (χ2n) is 3.95. The third-order valence-corrected chi connectivity index (χ3v) is 3.47. The van der Waals surface area contributed by atoms with Crippen molar-refractivity contribution in [2.24, 2.45) is 0 Å². The van der Waals surface area contributed by atoms with Gasteiger partial charge in [-0.1, -0.05) is 6.07 Å². The molecule has 0 unspecified atom stereocenters. The molecule has 0 atom stereocenters. The Morgan fingerprint density at radius 2 is 2.11 bits per heavy atom.